The Labute approximate surface area is 197 Å². The first-order valence-electron chi connectivity index (χ1n) is 11.0. The number of carbonyl (C=O) groups excluding carboxylic acids is 1. The molecule has 2 heterocycles. The van der Waals surface area contributed by atoms with Crippen molar-refractivity contribution in [1.82, 2.24) is 19.6 Å². The third-order valence-corrected chi connectivity index (χ3v) is 6.19. The summed E-state index contributed by atoms with van der Waals surface area (Å²) in [6.07, 6.45) is 0.418. The molecule has 0 aliphatic heterocycles. The number of hydrogen-bond acceptors (Lipinski definition) is 6. The number of methoxy groups -OCH3 is 1. The van der Waals surface area contributed by atoms with Crippen LogP contribution >= 0.6 is 11.6 Å². The molecule has 172 valence electrons. The molecule has 0 unspecified atom stereocenters. The Morgan fingerprint density at radius 1 is 1.15 bits per heavy atom. The first-order chi connectivity index (χ1) is 15.9. The van der Waals surface area contributed by atoms with E-state index in [4.69, 9.17) is 20.9 Å². The third-order valence-electron chi connectivity index (χ3n) is 5.93. The van der Waals surface area contributed by atoms with Gasteiger partial charge in [-0.1, -0.05) is 30.6 Å². The Bertz CT molecular complexity index is 1270. The quantitative estimate of drug-likeness (QED) is 0.359. The van der Waals surface area contributed by atoms with Crippen LogP contribution in [0.1, 0.15) is 47.2 Å². The number of carbonyl (C=O) groups is 1. The van der Waals surface area contributed by atoms with E-state index in [1.807, 2.05) is 25.1 Å². The molecule has 4 rings (SSSR count). The largest absolute Gasteiger partial charge is 0.497 e. The molecule has 8 heteroatoms. The summed E-state index contributed by atoms with van der Waals surface area (Å²) in [4.78, 5) is 20.3. The van der Waals surface area contributed by atoms with E-state index in [2.05, 4.69) is 28.9 Å². The van der Waals surface area contributed by atoms with E-state index in [9.17, 15) is 4.79 Å². The van der Waals surface area contributed by atoms with Crippen LogP contribution in [0.5, 0.6) is 5.75 Å². The predicted octanol–water partition coefficient (Wildman–Crippen LogP) is 5.12. The van der Waals surface area contributed by atoms with Gasteiger partial charge in [0.05, 0.1) is 25.6 Å². The van der Waals surface area contributed by atoms with Crippen LogP contribution < -0.4 is 4.74 Å². The average molecular weight is 467 g/mol. The molecule has 0 fully saturated rings. The Balaban J connectivity index is 1.75. The SMILES string of the molecule is CCN(CC)Cc1noc(Cc2c(C)n(C(=O)c3ccc(Cl)cc3)c3ccc(OC)cc23)n1. The van der Waals surface area contributed by atoms with Crippen molar-refractivity contribution >= 4 is 28.4 Å². The summed E-state index contributed by atoms with van der Waals surface area (Å²) in [5.74, 6) is 1.76. The monoisotopic (exact) mass is 466 g/mol. The van der Waals surface area contributed by atoms with Gasteiger partial charge in [-0.15, -0.1) is 0 Å². The highest BCUT2D eigenvalue weighted by Gasteiger charge is 2.22. The maximum atomic E-state index is 13.4. The maximum absolute atomic E-state index is 13.4. The zero-order valence-corrected chi connectivity index (χ0v) is 20.0. The summed E-state index contributed by atoms with van der Waals surface area (Å²) in [7, 11) is 1.63. The van der Waals surface area contributed by atoms with Gasteiger partial charge in [0.1, 0.15) is 5.75 Å². The van der Waals surface area contributed by atoms with Gasteiger partial charge in [0, 0.05) is 21.7 Å². The van der Waals surface area contributed by atoms with Crippen molar-refractivity contribution in [2.45, 2.75) is 33.7 Å². The number of aromatic nitrogens is 3. The lowest BCUT2D eigenvalue weighted by atomic mass is 10.1. The second-order valence-electron chi connectivity index (χ2n) is 7.84. The summed E-state index contributed by atoms with van der Waals surface area (Å²) in [6, 6.07) is 12.6. The van der Waals surface area contributed by atoms with Gasteiger partial charge in [-0.05, 0) is 68.0 Å². The predicted molar refractivity (Wildman–Crippen MR) is 128 cm³/mol. The fourth-order valence-corrected chi connectivity index (χ4v) is 4.15. The maximum Gasteiger partial charge on any atom is 0.262 e. The van der Waals surface area contributed by atoms with Gasteiger partial charge in [0.25, 0.3) is 5.91 Å². The van der Waals surface area contributed by atoms with Crippen LogP contribution in [0.15, 0.2) is 47.0 Å². The highest BCUT2D eigenvalue weighted by molar-refractivity contribution is 6.30. The van der Waals surface area contributed by atoms with Gasteiger partial charge >= 0.3 is 0 Å². The Morgan fingerprint density at radius 2 is 1.88 bits per heavy atom. The van der Waals surface area contributed by atoms with E-state index < -0.39 is 0 Å². The highest BCUT2D eigenvalue weighted by atomic mass is 35.5. The molecule has 33 heavy (non-hydrogen) atoms. The first-order valence-corrected chi connectivity index (χ1v) is 11.3. The van der Waals surface area contributed by atoms with Crippen molar-refractivity contribution in [3.8, 4) is 5.75 Å². The van der Waals surface area contributed by atoms with E-state index in [0.29, 0.717) is 41.0 Å². The van der Waals surface area contributed by atoms with Crippen LogP contribution in [0.25, 0.3) is 10.9 Å². The minimum absolute atomic E-state index is 0.127. The van der Waals surface area contributed by atoms with E-state index in [0.717, 1.165) is 35.2 Å². The lowest BCUT2D eigenvalue weighted by molar-refractivity contribution is 0.0963. The number of nitrogens with zero attached hydrogens (tertiary/aromatic N) is 4. The van der Waals surface area contributed by atoms with Gasteiger partial charge in [-0.25, -0.2) is 0 Å². The van der Waals surface area contributed by atoms with E-state index in [1.165, 1.54) is 0 Å². The smallest absolute Gasteiger partial charge is 0.262 e. The standard InChI is InChI=1S/C25H27ClN4O3/c1-5-29(6-2)15-23-27-24(33-28-23)14-20-16(3)30(22-12-11-19(32-4)13-21(20)22)25(31)17-7-9-18(26)10-8-17/h7-13H,5-6,14-15H2,1-4H3. The van der Waals surface area contributed by atoms with Gasteiger partial charge in [0.2, 0.25) is 5.89 Å². The zero-order chi connectivity index (χ0) is 23.5. The molecule has 0 aliphatic carbocycles. The molecule has 0 amide bonds. The van der Waals surface area contributed by atoms with Gasteiger partial charge in [-0.3, -0.25) is 14.3 Å². The molecule has 0 aliphatic rings. The Hall–Kier alpha value is -3.16. The van der Waals surface area contributed by atoms with Crippen molar-refractivity contribution in [2.75, 3.05) is 20.2 Å². The molecule has 7 nitrogen and oxygen atoms in total. The molecular weight excluding hydrogens is 440 g/mol. The van der Waals surface area contributed by atoms with Gasteiger partial charge in [-0.2, -0.15) is 4.98 Å². The Morgan fingerprint density at radius 3 is 2.55 bits per heavy atom. The molecule has 0 atom stereocenters. The molecule has 0 N–H and O–H groups in total. The summed E-state index contributed by atoms with van der Waals surface area (Å²) >= 11 is 6.01. The Kier molecular flexibility index (Phi) is 6.81. The van der Waals surface area contributed by atoms with Crippen LogP contribution in [0.3, 0.4) is 0 Å². The van der Waals surface area contributed by atoms with Gasteiger partial charge in [0.15, 0.2) is 5.82 Å². The minimum atomic E-state index is -0.127. The van der Waals surface area contributed by atoms with Crippen LogP contribution in [0.4, 0.5) is 0 Å². The van der Waals surface area contributed by atoms with Crippen LogP contribution in [-0.2, 0) is 13.0 Å². The highest BCUT2D eigenvalue weighted by Crippen LogP contribution is 2.31. The second-order valence-corrected chi connectivity index (χ2v) is 8.27. The third kappa shape index (κ3) is 4.65. The number of hydrogen-bond donors (Lipinski definition) is 0. The van der Waals surface area contributed by atoms with Crippen LogP contribution in [0, 0.1) is 6.92 Å². The zero-order valence-electron chi connectivity index (χ0n) is 19.3. The van der Waals surface area contributed by atoms with E-state index in [1.54, 1.807) is 35.9 Å². The molecule has 2 aromatic carbocycles. The number of halogens is 1. The second kappa shape index (κ2) is 9.77. The van der Waals surface area contributed by atoms with E-state index in [-0.39, 0.29) is 5.91 Å². The van der Waals surface area contributed by atoms with Crippen molar-refractivity contribution in [1.29, 1.82) is 0 Å². The summed E-state index contributed by atoms with van der Waals surface area (Å²) in [6.45, 7) is 8.61. The van der Waals surface area contributed by atoms with E-state index >= 15 is 0 Å². The summed E-state index contributed by atoms with van der Waals surface area (Å²) in [5, 5.41) is 5.65. The van der Waals surface area contributed by atoms with Crippen molar-refractivity contribution in [3.63, 3.8) is 0 Å². The van der Waals surface area contributed by atoms with Crippen molar-refractivity contribution in [3.05, 3.63) is 76.0 Å². The molecule has 0 radical (unpaired) electrons. The van der Waals surface area contributed by atoms with Crippen LogP contribution in [0.2, 0.25) is 5.02 Å². The number of ether oxygens (including phenoxy) is 1. The summed E-state index contributed by atoms with van der Waals surface area (Å²) in [5.41, 5.74) is 3.12. The topological polar surface area (TPSA) is 73.4 Å². The number of fused-ring (bicyclic) bond motifs is 1. The minimum Gasteiger partial charge on any atom is -0.497 e. The van der Waals surface area contributed by atoms with Gasteiger partial charge < -0.3 is 9.26 Å². The molecule has 2 aromatic heterocycles. The molecule has 0 saturated heterocycles. The number of rotatable bonds is 8. The normalized spacial score (nSPS) is 11.5. The molecule has 4 aromatic rings. The first kappa shape index (κ1) is 23.0. The summed E-state index contributed by atoms with van der Waals surface area (Å²) < 4.78 is 12.7. The van der Waals surface area contributed by atoms with Crippen molar-refractivity contribution < 1.29 is 14.1 Å². The molecular formula is C25H27ClN4O3. The fourth-order valence-electron chi connectivity index (χ4n) is 4.02. The number of benzene rings is 2. The van der Waals surface area contributed by atoms with Crippen LogP contribution in [-0.4, -0.2) is 45.7 Å². The lowest BCUT2D eigenvalue weighted by Gasteiger charge is -2.14. The fraction of sp³-hybridized carbons (Fsp3) is 0.320. The lowest BCUT2D eigenvalue weighted by Crippen LogP contribution is -2.22. The van der Waals surface area contributed by atoms with Crippen molar-refractivity contribution in [2.24, 2.45) is 0 Å². The molecule has 0 saturated carbocycles. The molecule has 0 bridgehead atoms. The average Bonchev–Trinajstić information content (AvgIpc) is 3.39. The molecule has 0 spiro atoms.